The third-order valence-corrected chi connectivity index (χ3v) is 7.47. The molecule has 0 aliphatic rings. The Bertz CT molecular complexity index is 1630. The second-order valence-electron chi connectivity index (χ2n) is 10.7. The molecule has 0 saturated heterocycles. The van der Waals surface area contributed by atoms with Crippen LogP contribution in [0.1, 0.15) is 64.4 Å². The second-order valence-corrected chi connectivity index (χ2v) is 10.7. The number of aryl methyl sites for hydroxylation is 1. The Balaban J connectivity index is 1.18. The number of halogens is 1. The van der Waals surface area contributed by atoms with Crippen LogP contribution in [0.5, 0.6) is 5.75 Å². The maximum atomic E-state index is 14.8. The van der Waals surface area contributed by atoms with Crippen LogP contribution < -0.4 is 4.74 Å². The zero-order chi connectivity index (χ0) is 29.3. The standard InChI is InChI=1S/C39H35FO2/c1-3-7-29-15-24-37(25-16-29)42-39(41)36-23-22-35(38(40)27-36)21-12-30-10-17-33(18-11-30)34-19-13-31(14-20-34)26-28(2)32-8-5-4-6-9-32/h4-6,8-25,27-28H,3,7,26H2,1-2H3/t28-/m0/s1. The van der Waals surface area contributed by atoms with Crippen molar-refractivity contribution >= 4 is 18.1 Å². The van der Waals surface area contributed by atoms with E-state index in [1.54, 1.807) is 30.3 Å². The van der Waals surface area contributed by atoms with Gasteiger partial charge < -0.3 is 4.74 Å². The number of ether oxygens (including phenoxy) is 1. The van der Waals surface area contributed by atoms with Gasteiger partial charge in [-0.05, 0) is 76.4 Å². The van der Waals surface area contributed by atoms with Crippen LogP contribution in [-0.4, -0.2) is 5.97 Å². The van der Waals surface area contributed by atoms with Crippen molar-refractivity contribution in [2.24, 2.45) is 0 Å². The van der Waals surface area contributed by atoms with Crippen molar-refractivity contribution in [3.8, 4) is 16.9 Å². The summed E-state index contributed by atoms with van der Waals surface area (Å²) < 4.78 is 20.2. The van der Waals surface area contributed by atoms with Gasteiger partial charge in [0.15, 0.2) is 0 Å². The molecule has 1 atom stereocenters. The number of carbonyl (C=O) groups is 1. The SMILES string of the molecule is CCCc1ccc(OC(=O)c2ccc(C=Cc3ccc(-c4ccc(C[C@H](C)c5ccccc5)cc4)cc3)c(F)c2)cc1. The van der Waals surface area contributed by atoms with Gasteiger partial charge in [-0.25, -0.2) is 9.18 Å². The van der Waals surface area contributed by atoms with Crippen LogP contribution >= 0.6 is 0 Å². The first-order chi connectivity index (χ1) is 20.5. The minimum absolute atomic E-state index is 0.173. The molecule has 3 heteroatoms. The highest BCUT2D eigenvalue weighted by molar-refractivity contribution is 5.91. The Morgan fingerprint density at radius 2 is 1.40 bits per heavy atom. The molecule has 5 rings (SSSR count). The summed E-state index contributed by atoms with van der Waals surface area (Å²) in [6, 6.07) is 39.4. The fourth-order valence-corrected chi connectivity index (χ4v) is 5.03. The average molecular weight is 555 g/mol. The second kappa shape index (κ2) is 13.7. The van der Waals surface area contributed by atoms with E-state index in [-0.39, 0.29) is 5.56 Å². The molecule has 0 aliphatic carbocycles. The van der Waals surface area contributed by atoms with E-state index in [1.165, 1.54) is 22.8 Å². The van der Waals surface area contributed by atoms with Crippen LogP contribution in [0.15, 0.2) is 121 Å². The molecule has 0 fully saturated rings. The molecule has 0 unspecified atom stereocenters. The van der Waals surface area contributed by atoms with Crippen molar-refractivity contribution in [1.82, 2.24) is 0 Å². The summed E-state index contributed by atoms with van der Waals surface area (Å²) in [4.78, 5) is 12.5. The predicted molar refractivity (Wildman–Crippen MR) is 171 cm³/mol. The largest absolute Gasteiger partial charge is 0.423 e. The first kappa shape index (κ1) is 28.8. The molecule has 0 saturated carbocycles. The van der Waals surface area contributed by atoms with Gasteiger partial charge in [0.25, 0.3) is 0 Å². The number of rotatable bonds is 10. The summed E-state index contributed by atoms with van der Waals surface area (Å²) in [5, 5.41) is 0. The molecule has 42 heavy (non-hydrogen) atoms. The highest BCUT2D eigenvalue weighted by atomic mass is 19.1. The Kier molecular flexibility index (Phi) is 9.41. The lowest BCUT2D eigenvalue weighted by Crippen LogP contribution is -2.09. The minimum atomic E-state index is -0.581. The normalized spacial score (nSPS) is 11.9. The highest BCUT2D eigenvalue weighted by Gasteiger charge is 2.12. The van der Waals surface area contributed by atoms with Crippen LogP contribution in [0.2, 0.25) is 0 Å². The molecular weight excluding hydrogens is 519 g/mol. The summed E-state index contributed by atoms with van der Waals surface area (Å²) in [5.74, 6) is -0.147. The van der Waals surface area contributed by atoms with Crippen molar-refractivity contribution in [2.45, 2.75) is 39.0 Å². The first-order valence-corrected chi connectivity index (χ1v) is 14.5. The molecule has 5 aromatic carbocycles. The molecule has 210 valence electrons. The van der Waals surface area contributed by atoms with Crippen LogP contribution in [0.25, 0.3) is 23.3 Å². The third-order valence-electron chi connectivity index (χ3n) is 7.47. The summed E-state index contributed by atoms with van der Waals surface area (Å²) in [6.45, 7) is 4.38. The van der Waals surface area contributed by atoms with Crippen LogP contribution in [0, 0.1) is 5.82 Å². The van der Waals surface area contributed by atoms with Gasteiger partial charge in [-0.1, -0.05) is 129 Å². The van der Waals surface area contributed by atoms with Crippen molar-refractivity contribution in [2.75, 3.05) is 0 Å². The molecule has 0 N–H and O–H groups in total. The van der Waals surface area contributed by atoms with Gasteiger partial charge in [-0.3, -0.25) is 0 Å². The van der Waals surface area contributed by atoms with Crippen LogP contribution in [-0.2, 0) is 12.8 Å². The molecule has 0 spiro atoms. The first-order valence-electron chi connectivity index (χ1n) is 14.5. The van der Waals surface area contributed by atoms with Gasteiger partial charge in [-0.2, -0.15) is 0 Å². The van der Waals surface area contributed by atoms with Crippen LogP contribution in [0.3, 0.4) is 0 Å². The summed E-state index contributed by atoms with van der Waals surface area (Å²) in [6.07, 6.45) is 6.61. The Morgan fingerprint density at radius 1 is 0.762 bits per heavy atom. The van der Waals surface area contributed by atoms with E-state index < -0.39 is 11.8 Å². The van der Waals surface area contributed by atoms with Gasteiger partial charge in [0, 0.05) is 5.56 Å². The van der Waals surface area contributed by atoms with Crippen molar-refractivity contribution in [1.29, 1.82) is 0 Å². The lowest BCUT2D eigenvalue weighted by molar-refractivity contribution is 0.0734. The molecule has 0 aromatic heterocycles. The lowest BCUT2D eigenvalue weighted by atomic mass is 9.93. The van der Waals surface area contributed by atoms with E-state index in [0.29, 0.717) is 17.2 Å². The Hall–Kier alpha value is -4.76. The van der Waals surface area contributed by atoms with Gasteiger partial charge in [0.1, 0.15) is 11.6 Å². The van der Waals surface area contributed by atoms with E-state index in [2.05, 4.69) is 80.6 Å². The molecule has 2 nitrogen and oxygen atoms in total. The molecular formula is C39H35FO2. The van der Waals surface area contributed by atoms with E-state index in [0.717, 1.165) is 36.0 Å². The monoisotopic (exact) mass is 554 g/mol. The summed E-state index contributed by atoms with van der Waals surface area (Å²) in [5.41, 5.74) is 7.68. The maximum Gasteiger partial charge on any atom is 0.343 e. The van der Waals surface area contributed by atoms with Gasteiger partial charge in [0.05, 0.1) is 5.56 Å². The molecule has 0 aliphatic heterocycles. The lowest BCUT2D eigenvalue weighted by Gasteiger charge is -2.12. The van der Waals surface area contributed by atoms with E-state index in [4.69, 9.17) is 4.74 Å². The van der Waals surface area contributed by atoms with Crippen LogP contribution in [0.4, 0.5) is 4.39 Å². The quantitative estimate of drug-likeness (QED) is 0.0975. The van der Waals surface area contributed by atoms with Crippen molar-refractivity contribution in [3.05, 3.63) is 161 Å². The zero-order valence-electron chi connectivity index (χ0n) is 24.1. The molecule has 5 aromatic rings. The topological polar surface area (TPSA) is 26.3 Å². The van der Waals surface area contributed by atoms with Gasteiger partial charge in [0.2, 0.25) is 0 Å². The van der Waals surface area contributed by atoms with Crippen molar-refractivity contribution in [3.63, 3.8) is 0 Å². The van der Waals surface area contributed by atoms with Gasteiger partial charge in [-0.15, -0.1) is 0 Å². The van der Waals surface area contributed by atoms with Gasteiger partial charge >= 0.3 is 5.97 Å². The third kappa shape index (κ3) is 7.50. The molecule has 0 amide bonds. The predicted octanol–water partition coefficient (Wildman–Crippen LogP) is 10.2. The fourth-order valence-electron chi connectivity index (χ4n) is 5.03. The smallest absolute Gasteiger partial charge is 0.343 e. The number of hydrogen-bond donors (Lipinski definition) is 0. The summed E-state index contributed by atoms with van der Waals surface area (Å²) in [7, 11) is 0. The minimum Gasteiger partial charge on any atom is -0.423 e. The average Bonchev–Trinajstić information content (AvgIpc) is 3.02. The number of hydrogen-bond acceptors (Lipinski definition) is 2. The number of benzene rings is 5. The van der Waals surface area contributed by atoms with Crippen molar-refractivity contribution < 1.29 is 13.9 Å². The Morgan fingerprint density at radius 3 is 2.05 bits per heavy atom. The van der Waals surface area contributed by atoms with E-state index >= 15 is 0 Å². The molecule has 0 radical (unpaired) electrons. The Labute approximate surface area is 248 Å². The molecule has 0 bridgehead atoms. The zero-order valence-corrected chi connectivity index (χ0v) is 24.1. The fraction of sp³-hybridized carbons (Fsp3) is 0.154. The highest BCUT2D eigenvalue weighted by Crippen LogP contribution is 2.25. The summed E-state index contributed by atoms with van der Waals surface area (Å²) >= 11 is 0. The number of carbonyl (C=O) groups excluding carboxylic acids is 1. The molecule has 0 heterocycles. The van der Waals surface area contributed by atoms with E-state index in [9.17, 15) is 9.18 Å². The number of esters is 1. The van der Waals surface area contributed by atoms with E-state index in [1.807, 2.05) is 30.3 Å². The maximum absolute atomic E-state index is 14.8.